The van der Waals surface area contributed by atoms with Crippen LogP contribution in [0.1, 0.15) is 5.76 Å². The number of aromatic nitrogens is 2. The molecule has 6 nitrogen and oxygen atoms in total. The summed E-state index contributed by atoms with van der Waals surface area (Å²) < 4.78 is 5.72. The van der Waals surface area contributed by atoms with Gasteiger partial charge < -0.3 is 15.3 Å². The standard InChI is InChI=1S/C8H7N3O3S2/c9-7-10-11-8(16-7)15-3-4-1-5(12)6(13)2-14-4/h1-2,13H,3H2,(H2,9,10). The highest BCUT2D eigenvalue weighted by Crippen LogP contribution is 2.26. The predicted octanol–water partition coefficient (Wildman–Crippen LogP) is 1.07. The third kappa shape index (κ3) is 2.52. The molecule has 0 saturated carbocycles. The summed E-state index contributed by atoms with van der Waals surface area (Å²) >= 11 is 2.62. The van der Waals surface area contributed by atoms with Gasteiger partial charge in [0.1, 0.15) is 12.0 Å². The molecule has 3 N–H and O–H groups in total. The lowest BCUT2D eigenvalue weighted by molar-refractivity contribution is 0.419. The van der Waals surface area contributed by atoms with Crippen LogP contribution in [0.25, 0.3) is 0 Å². The van der Waals surface area contributed by atoms with E-state index in [0.29, 0.717) is 21.0 Å². The Labute approximate surface area is 98.1 Å². The van der Waals surface area contributed by atoms with Crippen molar-refractivity contribution in [2.24, 2.45) is 0 Å². The number of hydrogen-bond donors (Lipinski definition) is 2. The van der Waals surface area contributed by atoms with Gasteiger partial charge in [0.25, 0.3) is 0 Å². The highest BCUT2D eigenvalue weighted by atomic mass is 32.2. The quantitative estimate of drug-likeness (QED) is 0.793. The maximum absolute atomic E-state index is 11.1. The molecule has 0 aromatic carbocycles. The molecule has 2 aromatic heterocycles. The van der Waals surface area contributed by atoms with Gasteiger partial charge in [0.2, 0.25) is 10.6 Å². The zero-order chi connectivity index (χ0) is 11.5. The van der Waals surface area contributed by atoms with Crippen molar-refractivity contribution in [3.63, 3.8) is 0 Å². The summed E-state index contributed by atoms with van der Waals surface area (Å²) in [6, 6.07) is 1.24. The van der Waals surface area contributed by atoms with Gasteiger partial charge >= 0.3 is 0 Å². The summed E-state index contributed by atoms with van der Waals surface area (Å²) in [6.07, 6.45) is 1.02. The van der Waals surface area contributed by atoms with E-state index in [0.717, 1.165) is 6.26 Å². The van der Waals surface area contributed by atoms with Gasteiger partial charge in [-0.1, -0.05) is 23.1 Å². The first-order chi connectivity index (χ1) is 7.65. The SMILES string of the molecule is Nc1nnc(SCc2cc(=O)c(O)co2)s1. The Balaban J connectivity index is 2.05. The summed E-state index contributed by atoms with van der Waals surface area (Å²) in [7, 11) is 0. The van der Waals surface area contributed by atoms with E-state index in [2.05, 4.69) is 10.2 Å². The average molecular weight is 257 g/mol. The first kappa shape index (κ1) is 11.0. The smallest absolute Gasteiger partial charge is 0.226 e. The second-order valence-electron chi connectivity index (χ2n) is 2.79. The molecule has 0 aliphatic rings. The minimum atomic E-state index is -0.460. The van der Waals surface area contributed by atoms with Crippen molar-refractivity contribution in [2.75, 3.05) is 5.73 Å². The maximum Gasteiger partial charge on any atom is 0.226 e. The fraction of sp³-hybridized carbons (Fsp3) is 0.125. The fourth-order valence-corrected chi connectivity index (χ4v) is 2.46. The fourth-order valence-electron chi connectivity index (χ4n) is 0.931. The first-order valence-corrected chi connectivity index (χ1v) is 5.98. The highest BCUT2D eigenvalue weighted by molar-refractivity contribution is 8.00. The molecule has 0 atom stereocenters. The van der Waals surface area contributed by atoms with E-state index >= 15 is 0 Å². The zero-order valence-electron chi connectivity index (χ0n) is 7.91. The van der Waals surface area contributed by atoms with Crippen LogP contribution in [-0.4, -0.2) is 15.3 Å². The summed E-state index contributed by atoms with van der Waals surface area (Å²) in [6.45, 7) is 0. The lowest BCUT2D eigenvalue weighted by Gasteiger charge is -1.97. The molecule has 0 amide bonds. The summed E-state index contributed by atoms with van der Waals surface area (Å²) in [5.41, 5.74) is 4.96. The Morgan fingerprint density at radius 1 is 1.56 bits per heavy atom. The molecule has 0 aliphatic carbocycles. The molecule has 84 valence electrons. The van der Waals surface area contributed by atoms with Gasteiger partial charge in [-0.25, -0.2) is 0 Å². The number of hydrogen-bond acceptors (Lipinski definition) is 8. The zero-order valence-corrected chi connectivity index (χ0v) is 9.55. The van der Waals surface area contributed by atoms with E-state index in [1.165, 1.54) is 29.2 Å². The van der Waals surface area contributed by atoms with E-state index in [1.54, 1.807) is 0 Å². The predicted molar refractivity (Wildman–Crippen MR) is 60.5 cm³/mol. The first-order valence-electron chi connectivity index (χ1n) is 4.17. The van der Waals surface area contributed by atoms with Gasteiger partial charge in [-0.05, 0) is 0 Å². The van der Waals surface area contributed by atoms with E-state index in [1.807, 2.05) is 0 Å². The molecule has 0 radical (unpaired) electrons. The van der Waals surface area contributed by atoms with Gasteiger partial charge in [0, 0.05) is 6.07 Å². The van der Waals surface area contributed by atoms with Crippen molar-refractivity contribution in [3.05, 3.63) is 28.3 Å². The van der Waals surface area contributed by atoms with E-state index in [4.69, 9.17) is 15.3 Å². The van der Waals surface area contributed by atoms with Gasteiger partial charge in [0.05, 0.1) is 5.75 Å². The van der Waals surface area contributed by atoms with Crippen LogP contribution in [0.5, 0.6) is 5.75 Å². The molecule has 0 bridgehead atoms. The number of anilines is 1. The summed E-state index contributed by atoms with van der Waals surface area (Å²) in [5.74, 6) is 0.500. The Hall–Kier alpha value is -1.54. The van der Waals surface area contributed by atoms with Crippen LogP contribution in [0.2, 0.25) is 0 Å². The molecular formula is C8H7N3O3S2. The number of nitrogens with zero attached hydrogens (tertiary/aromatic N) is 2. The number of nitrogens with two attached hydrogens (primary N) is 1. The molecule has 8 heteroatoms. The van der Waals surface area contributed by atoms with Crippen molar-refractivity contribution < 1.29 is 9.52 Å². The lowest BCUT2D eigenvalue weighted by Crippen LogP contribution is -1.98. The van der Waals surface area contributed by atoms with Gasteiger partial charge in [-0.2, -0.15) is 0 Å². The van der Waals surface area contributed by atoms with Crippen LogP contribution in [0, 0.1) is 0 Å². The molecule has 0 fully saturated rings. The molecule has 2 aromatic rings. The van der Waals surface area contributed by atoms with Gasteiger partial charge in [0.15, 0.2) is 10.1 Å². The van der Waals surface area contributed by atoms with Crippen LogP contribution >= 0.6 is 23.1 Å². The molecule has 0 saturated heterocycles. The van der Waals surface area contributed by atoms with E-state index in [-0.39, 0.29) is 0 Å². The molecule has 0 unspecified atom stereocenters. The third-order valence-corrected chi connectivity index (χ3v) is 3.53. The van der Waals surface area contributed by atoms with Crippen LogP contribution in [0.3, 0.4) is 0 Å². The van der Waals surface area contributed by atoms with Gasteiger partial charge in [-0.3, -0.25) is 4.79 Å². The van der Waals surface area contributed by atoms with Gasteiger partial charge in [-0.15, -0.1) is 10.2 Å². The monoisotopic (exact) mass is 257 g/mol. The van der Waals surface area contributed by atoms with Crippen LogP contribution in [0.15, 0.2) is 25.9 Å². The molecule has 16 heavy (non-hydrogen) atoms. The number of aromatic hydroxyl groups is 1. The maximum atomic E-state index is 11.1. The van der Waals surface area contributed by atoms with Crippen LogP contribution < -0.4 is 11.2 Å². The minimum Gasteiger partial charge on any atom is -0.502 e. The van der Waals surface area contributed by atoms with Crippen molar-refractivity contribution in [1.82, 2.24) is 10.2 Å². The van der Waals surface area contributed by atoms with Crippen molar-refractivity contribution in [1.29, 1.82) is 0 Å². The Bertz CT molecular complexity index is 551. The third-order valence-electron chi connectivity index (χ3n) is 1.63. The van der Waals surface area contributed by atoms with Crippen molar-refractivity contribution >= 4 is 28.2 Å². The largest absolute Gasteiger partial charge is 0.502 e. The number of rotatable bonds is 3. The second kappa shape index (κ2) is 4.54. The molecule has 0 aliphatic heterocycles. The molecular weight excluding hydrogens is 250 g/mol. The van der Waals surface area contributed by atoms with E-state index in [9.17, 15) is 4.79 Å². The summed E-state index contributed by atoms with van der Waals surface area (Å²) in [4.78, 5) is 11.1. The molecule has 0 spiro atoms. The lowest BCUT2D eigenvalue weighted by atomic mass is 10.4. The number of thioether (sulfide) groups is 1. The Morgan fingerprint density at radius 2 is 2.38 bits per heavy atom. The second-order valence-corrected chi connectivity index (χ2v) is 5.02. The van der Waals surface area contributed by atoms with Crippen molar-refractivity contribution in [2.45, 2.75) is 10.1 Å². The summed E-state index contributed by atoms with van der Waals surface area (Å²) in [5, 5.41) is 16.8. The van der Waals surface area contributed by atoms with E-state index < -0.39 is 11.2 Å². The molecule has 2 heterocycles. The highest BCUT2D eigenvalue weighted by Gasteiger charge is 2.05. The van der Waals surface area contributed by atoms with Crippen LogP contribution in [0.4, 0.5) is 5.13 Å². The average Bonchev–Trinajstić information content (AvgIpc) is 2.66. The molecule has 2 rings (SSSR count). The Morgan fingerprint density at radius 3 is 3.00 bits per heavy atom. The Kier molecular flexibility index (Phi) is 3.11. The normalized spacial score (nSPS) is 10.5. The van der Waals surface area contributed by atoms with Crippen molar-refractivity contribution in [3.8, 4) is 5.75 Å². The minimum absolute atomic E-state index is 0.395. The van der Waals surface area contributed by atoms with Crippen LogP contribution in [-0.2, 0) is 5.75 Å². The number of nitrogen functional groups attached to an aromatic ring is 1. The topological polar surface area (TPSA) is 102 Å².